The molecular weight excluding hydrogens is 276 g/mol. The Morgan fingerprint density at radius 2 is 1.75 bits per heavy atom. The van der Waals surface area contributed by atoms with Gasteiger partial charge in [0.2, 0.25) is 0 Å². The van der Waals surface area contributed by atoms with E-state index in [1.807, 2.05) is 20.8 Å². The molecule has 0 radical (unpaired) electrons. The molecule has 112 valence electrons. The van der Waals surface area contributed by atoms with Gasteiger partial charge in [0.1, 0.15) is 0 Å². The summed E-state index contributed by atoms with van der Waals surface area (Å²) < 4.78 is 25.4. The van der Waals surface area contributed by atoms with Crippen LogP contribution in [-0.2, 0) is 14.6 Å². The van der Waals surface area contributed by atoms with Crippen LogP contribution < -0.4 is 0 Å². The molecule has 1 atom stereocenters. The Labute approximate surface area is 120 Å². The molecule has 20 heavy (non-hydrogen) atoms. The summed E-state index contributed by atoms with van der Waals surface area (Å²) in [6.07, 6.45) is 1.05. The second-order valence-electron chi connectivity index (χ2n) is 5.15. The highest BCUT2D eigenvalue weighted by molar-refractivity contribution is 7.92. The highest BCUT2D eigenvalue weighted by atomic mass is 32.2. The lowest BCUT2D eigenvalue weighted by atomic mass is 9.99. The molecule has 0 spiro atoms. The van der Waals surface area contributed by atoms with Crippen LogP contribution in [0.1, 0.15) is 37.8 Å². The summed E-state index contributed by atoms with van der Waals surface area (Å²) in [4.78, 5) is 11.6. The molecule has 1 aromatic carbocycles. The van der Waals surface area contributed by atoms with Gasteiger partial charge in [0, 0.05) is 0 Å². The first-order valence-electron chi connectivity index (χ1n) is 6.79. The smallest absolute Gasteiger partial charge is 0.322 e. The van der Waals surface area contributed by atoms with Crippen LogP contribution >= 0.6 is 0 Å². The Hall–Kier alpha value is -1.36. The Balaban J connectivity index is 3.41. The number of carbonyl (C=O) groups is 1. The maximum absolute atomic E-state index is 12.7. The second-order valence-corrected chi connectivity index (χ2v) is 7.19. The first-order chi connectivity index (χ1) is 9.25. The van der Waals surface area contributed by atoms with Crippen molar-refractivity contribution in [3.63, 3.8) is 0 Å². The normalized spacial score (nSPS) is 13.4. The fraction of sp³-hybridized carbons (Fsp3) is 0.533. The van der Waals surface area contributed by atoms with Crippen LogP contribution in [0.3, 0.4) is 0 Å². The Morgan fingerprint density at radius 3 is 2.15 bits per heavy atom. The van der Waals surface area contributed by atoms with E-state index in [0.29, 0.717) is 18.4 Å². The number of sulfone groups is 1. The van der Waals surface area contributed by atoms with Crippen molar-refractivity contribution in [3.8, 4) is 0 Å². The highest BCUT2D eigenvalue weighted by Crippen LogP contribution is 2.28. The van der Waals surface area contributed by atoms with Crippen molar-refractivity contribution in [1.82, 2.24) is 0 Å². The van der Waals surface area contributed by atoms with Gasteiger partial charge in [-0.2, -0.15) is 0 Å². The largest absolute Gasteiger partial charge is 0.480 e. The third kappa shape index (κ3) is 3.20. The van der Waals surface area contributed by atoms with Gasteiger partial charge in [0.05, 0.1) is 4.90 Å². The van der Waals surface area contributed by atoms with Crippen molar-refractivity contribution >= 4 is 15.8 Å². The van der Waals surface area contributed by atoms with Crippen LogP contribution in [0.2, 0.25) is 0 Å². The van der Waals surface area contributed by atoms with Crippen LogP contribution in [0.15, 0.2) is 23.1 Å². The monoisotopic (exact) mass is 298 g/mol. The molecule has 0 aliphatic rings. The maximum Gasteiger partial charge on any atom is 0.322 e. The zero-order valence-corrected chi connectivity index (χ0v) is 13.2. The molecule has 1 N–H and O–H groups in total. The molecule has 0 fully saturated rings. The van der Waals surface area contributed by atoms with Crippen LogP contribution in [-0.4, -0.2) is 24.7 Å². The van der Waals surface area contributed by atoms with E-state index in [4.69, 9.17) is 0 Å². The SMILES string of the molecule is CCC(CC)C(C(=O)O)S(=O)(=O)c1ccc(C)cc1C. The van der Waals surface area contributed by atoms with Crippen molar-refractivity contribution in [2.24, 2.45) is 5.92 Å². The second kappa shape index (κ2) is 6.39. The van der Waals surface area contributed by atoms with Gasteiger partial charge in [-0.15, -0.1) is 0 Å². The Bertz CT molecular complexity index is 586. The molecular formula is C15H22O4S. The van der Waals surface area contributed by atoms with E-state index >= 15 is 0 Å². The fourth-order valence-corrected chi connectivity index (χ4v) is 4.76. The molecule has 0 amide bonds. The van der Waals surface area contributed by atoms with Gasteiger partial charge < -0.3 is 5.11 Å². The molecule has 0 aliphatic heterocycles. The maximum atomic E-state index is 12.7. The Kier molecular flexibility index (Phi) is 5.34. The first kappa shape index (κ1) is 16.7. The lowest BCUT2D eigenvalue weighted by Gasteiger charge is -2.22. The van der Waals surface area contributed by atoms with E-state index in [9.17, 15) is 18.3 Å². The fourth-order valence-electron chi connectivity index (χ4n) is 2.56. The van der Waals surface area contributed by atoms with Crippen LogP contribution in [0.5, 0.6) is 0 Å². The molecule has 0 saturated carbocycles. The lowest BCUT2D eigenvalue weighted by Crippen LogP contribution is -2.37. The average molecular weight is 298 g/mol. The van der Waals surface area contributed by atoms with Crippen molar-refractivity contribution < 1.29 is 18.3 Å². The Morgan fingerprint density at radius 1 is 1.20 bits per heavy atom. The summed E-state index contributed by atoms with van der Waals surface area (Å²) in [7, 11) is -3.87. The van der Waals surface area contributed by atoms with E-state index < -0.39 is 21.1 Å². The van der Waals surface area contributed by atoms with Gasteiger partial charge in [-0.1, -0.05) is 44.4 Å². The minimum Gasteiger partial charge on any atom is -0.480 e. The van der Waals surface area contributed by atoms with Crippen LogP contribution in [0.4, 0.5) is 0 Å². The third-order valence-corrected chi connectivity index (χ3v) is 6.02. The summed E-state index contributed by atoms with van der Waals surface area (Å²) in [5.74, 6) is -1.64. The molecule has 1 unspecified atom stereocenters. The van der Waals surface area contributed by atoms with E-state index in [-0.39, 0.29) is 10.8 Å². The number of hydrogen-bond donors (Lipinski definition) is 1. The molecule has 0 aromatic heterocycles. The standard InChI is InChI=1S/C15H22O4S/c1-5-12(6-2)14(15(16)17)20(18,19)13-8-7-10(3)9-11(13)4/h7-9,12,14H,5-6H2,1-4H3,(H,16,17). The van der Waals surface area contributed by atoms with Crippen molar-refractivity contribution in [2.45, 2.75) is 50.7 Å². The van der Waals surface area contributed by atoms with E-state index in [0.717, 1.165) is 5.56 Å². The molecule has 1 aromatic rings. The predicted octanol–water partition coefficient (Wildman–Crippen LogP) is 2.97. The number of hydrogen-bond acceptors (Lipinski definition) is 3. The topological polar surface area (TPSA) is 71.4 Å². The minimum absolute atomic E-state index is 0.127. The van der Waals surface area contributed by atoms with E-state index in [1.165, 1.54) is 6.07 Å². The summed E-state index contributed by atoms with van der Waals surface area (Å²) >= 11 is 0. The summed E-state index contributed by atoms with van der Waals surface area (Å²) in [6.45, 7) is 7.22. The third-order valence-electron chi connectivity index (χ3n) is 3.69. The first-order valence-corrected chi connectivity index (χ1v) is 8.34. The summed E-state index contributed by atoms with van der Waals surface area (Å²) in [5.41, 5.74) is 1.55. The number of rotatable bonds is 6. The molecule has 0 saturated heterocycles. The minimum atomic E-state index is -3.87. The van der Waals surface area contributed by atoms with Crippen molar-refractivity contribution in [2.75, 3.05) is 0 Å². The van der Waals surface area contributed by atoms with Gasteiger partial charge in [-0.3, -0.25) is 4.79 Å². The van der Waals surface area contributed by atoms with Crippen LogP contribution in [0.25, 0.3) is 0 Å². The molecule has 4 nitrogen and oxygen atoms in total. The molecule has 0 heterocycles. The van der Waals surface area contributed by atoms with Gasteiger partial charge >= 0.3 is 5.97 Å². The van der Waals surface area contributed by atoms with Gasteiger partial charge in [0.15, 0.2) is 15.1 Å². The quantitative estimate of drug-likeness (QED) is 0.876. The zero-order valence-electron chi connectivity index (χ0n) is 12.4. The number of benzene rings is 1. The zero-order chi connectivity index (χ0) is 15.5. The van der Waals surface area contributed by atoms with Crippen LogP contribution in [0, 0.1) is 19.8 Å². The highest BCUT2D eigenvalue weighted by Gasteiger charge is 2.39. The van der Waals surface area contributed by atoms with Gasteiger partial charge in [-0.25, -0.2) is 8.42 Å². The van der Waals surface area contributed by atoms with E-state index in [1.54, 1.807) is 19.1 Å². The predicted molar refractivity (Wildman–Crippen MR) is 78.6 cm³/mol. The summed E-state index contributed by atoms with van der Waals surface area (Å²) in [6, 6.07) is 4.97. The number of carboxylic acid groups (broad SMARTS) is 1. The number of aliphatic carboxylic acids is 1. The van der Waals surface area contributed by atoms with E-state index in [2.05, 4.69) is 0 Å². The number of carboxylic acids is 1. The molecule has 0 bridgehead atoms. The lowest BCUT2D eigenvalue weighted by molar-refractivity contribution is -0.137. The average Bonchev–Trinajstić information content (AvgIpc) is 2.34. The summed E-state index contributed by atoms with van der Waals surface area (Å²) in [5, 5.41) is 7.99. The number of aryl methyl sites for hydroxylation is 2. The molecule has 0 aliphatic carbocycles. The van der Waals surface area contributed by atoms with Gasteiger partial charge in [-0.05, 0) is 31.4 Å². The van der Waals surface area contributed by atoms with Crippen molar-refractivity contribution in [1.29, 1.82) is 0 Å². The van der Waals surface area contributed by atoms with Gasteiger partial charge in [0.25, 0.3) is 0 Å². The molecule has 1 rings (SSSR count). The molecule has 5 heteroatoms. The van der Waals surface area contributed by atoms with Crippen molar-refractivity contribution in [3.05, 3.63) is 29.3 Å².